The van der Waals surface area contributed by atoms with Crippen molar-refractivity contribution in [3.8, 4) is 0 Å². The summed E-state index contributed by atoms with van der Waals surface area (Å²) < 4.78 is 0. The Kier molecular flexibility index (Phi) is 5.58. The van der Waals surface area contributed by atoms with Crippen molar-refractivity contribution in [1.29, 1.82) is 0 Å². The third-order valence-corrected chi connectivity index (χ3v) is 4.29. The maximum absolute atomic E-state index is 12.5. The molecule has 0 radical (unpaired) electrons. The molecule has 1 saturated heterocycles. The lowest BCUT2D eigenvalue weighted by molar-refractivity contribution is -0.121. The van der Waals surface area contributed by atoms with Gasteiger partial charge in [0.25, 0.3) is 5.91 Å². The van der Waals surface area contributed by atoms with Gasteiger partial charge in [0.1, 0.15) is 0 Å². The number of rotatable bonds is 4. The number of carbonyl (C=O) groups is 2. The molecule has 1 aromatic carbocycles. The molecule has 1 aromatic rings. The van der Waals surface area contributed by atoms with Gasteiger partial charge in [-0.3, -0.25) is 9.59 Å². The number of nitrogens with one attached hydrogen (secondary N) is 1. The van der Waals surface area contributed by atoms with Crippen LogP contribution in [-0.4, -0.2) is 35.8 Å². The maximum Gasteiger partial charge on any atom is 0.253 e. The van der Waals surface area contributed by atoms with E-state index in [9.17, 15) is 9.59 Å². The Balaban J connectivity index is 1.90. The third-order valence-electron chi connectivity index (χ3n) is 4.29. The SMILES string of the molecule is CCC(=O)NC1CCN(C(=O)c2ccc(C(C)C)cc2)CC1. The molecule has 0 saturated carbocycles. The molecule has 1 N–H and O–H groups in total. The van der Waals surface area contributed by atoms with Gasteiger partial charge in [0.2, 0.25) is 5.91 Å². The minimum Gasteiger partial charge on any atom is -0.353 e. The Bertz CT molecular complexity index is 514. The van der Waals surface area contributed by atoms with Crippen molar-refractivity contribution in [2.75, 3.05) is 13.1 Å². The molecule has 0 aliphatic carbocycles. The largest absolute Gasteiger partial charge is 0.353 e. The molecule has 2 amide bonds. The number of nitrogens with zero attached hydrogens (tertiary/aromatic N) is 1. The first-order chi connectivity index (χ1) is 10.5. The Hall–Kier alpha value is -1.84. The molecule has 4 nitrogen and oxygen atoms in total. The van der Waals surface area contributed by atoms with E-state index < -0.39 is 0 Å². The van der Waals surface area contributed by atoms with Gasteiger partial charge in [0.05, 0.1) is 0 Å². The molecule has 0 unspecified atom stereocenters. The van der Waals surface area contributed by atoms with Crippen molar-refractivity contribution in [2.24, 2.45) is 0 Å². The van der Waals surface area contributed by atoms with Crippen molar-refractivity contribution in [2.45, 2.75) is 52.0 Å². The molecular weight excluding hydrogens is 276 g/mol. The predicted octanol–water partition coefficient (Wildman–Crippen LogP) is 2.94. The predicted molar refractivity (Wildman–Crippen MR) is 87.9 cm³/mol. The minimum absolute atomic E-state index is 0.0917. The summed E-state index contributed by atoms with van der Waals surface area (Å²) in [5.74, 6) is 0.659. The zero-order valence-corrected chi connectivity index (χ0v) is 13.8. The molecule has 4 heteroatoms. The summed E-state index contributed by atoms with van der Waals surface area (Å²) in [4.78, 5) is 25.8. The standard InChI is InChI=1S/C18H26N2O2/c1-4-17(21)19-16-9-11-20(12-10-16)18(22)15-7-5-14(6-8-15)13(2)3/h5-8,13,16H,4,9-12H2,1-3H3,(H,19,21). The van der Waals surface area contributed by atoms with Gasteiger partial charge in [-0.25, -0.2) is 0 Å². The number of benzene rings is 1. The van der Waals surface area contributed by atoms with Crippen LogP contribution < -0.4 is 5.32 Å². The van der Waals surface area contributed by atoms with Crippen LogP contribution in [0.25, 0.3) is 0 Å². The van der Waals surface area contributed by atoms with Crippen molar-refractivity contribution in [3.05, 3.63) is 35.4 Å². The van der Waals surface area contributed by atoms with Gasteiger partial charge in [-0.2, -0.15) is 0 Å². The van der Waals surface area contributed by atoms with Crippen molar-refractivity contribution in [3.63, 3.8) is 0 Å². The molecule has 22 heavy (non-hydrogen) atoms. The quantitative estimate of drug-likeness (QED) is 0.929. The maximum atomic E-state index is 12.5. The van der Waals surface area contributed by atoms with E-state index in [0.29, 0.717) is 25.4 Å². The van der Waals surface area contributed by atoms with E-state index in [-0.39, 0.29) is 17.9 Å². The van der Waals surface area contributed by atoms with E-state index in [1.165, 1.54) is 5.56 Å². The van der Waals surface area contributed by atoms with Crippen molar-refractivity contribution >= 4 is 11.8 Å². The summed E-state index contributed by atoms with van der Waals surface area (Å²) in [6.07, 6.45) is 2.18. The highest BCUT2D eigenvalue weighted by Gasteiger charge is 2.24. The second-order valence-electron chi connectivity index (χ2n) is 6.26. The highest BCUT2D eigenvalue weighted by Crippen LogP contribution is 2.18. The lowest BCUT2D eigenvalue weighted by Gasteiger charge is -2.32. The summed E-state index contributed by atoms with van der Waals surface area (Å²) in [5, 5.41) is 3.01. The zero-order valence-electron chi connectivity index (χ0n) is 13.8. The van der Waals surface area contributed by atoms with E-state index in [1.807, 2.05) is 36.1 Å². The molecule has 0 spiro atoms. The van der Waals surface area contributed by atoms with E-state index in [0.717, 1.165) is 18.4 Å². The lowest BCUT2D eigenvalue weighted by atomic mass is 10.0. The number of hydrogen-bond acceptors (Lipinski definition) is 2. The van der Waals surface area contributed by atoms with Crippen LogP contribution in [0, 0.1) is 0 Å². The molecule has 1 aliphatic heterocycles. The van der Waals surface area contributed by atoms with E-state index in [4.69, 9.17) is 0 Å². The smallest absolute Gasteiger partial charge is 0.253 e. The third kappa shape index (κ3) is 4.09. The number of likely N-dealkylation sites (tertiary alicyclic amines) is 1. The first kappa shape index (κ1) is 16.5. The molecular formula is C18H26N2O2. The normalized spacial score (nSPS) is 15.9. The topological polar surface area (TPSA) is 49.4 Å². The summed E-state index contributed by atoms with van der Waals surface area (Å²) in [6, 6.07) is 8.11. The van der Waals surface area contributed by atoms with Gasteiger partial charge in [0.15, 0.2) is 0 Å². The monoisotopic (exact) mass is 302 g/mol. The Labute approximate surface area is 132 Å². The molecule has 1 fully saturated rings. The fourth-order valence-electron chi connectivity index (χ4n) is 2.75. The highest BCUT2D eigenvalue weighted by atomic mass is 16.2. The van der Waals surface area contributed by atoms with Crippen molar-refractivity contribution in [1.82, 2.24) is 10.2 Å². The molecule has 2 rings (SSSR count). The van der Waals surface area contributed by atoms with Crippen LogP contribution in [-0.2, 0) is 4.79 Å². The fraction of sp³-hybridized carbons (Fsp3) is 0.556. The average Bonchev–Trinajstić information content (AvgIpc) is 2.55. The first-order valence-electron chi connectivity index (χ1n) is 8.19. The van der Waals surface area contributed by atoms with Gasteiger partial charge < -0.3 is 10.2 Å². The van der Waals surface area contributed by atoms with Gasteiger partial charge in [0, 0.05) is 31.1 Å². The molecule has 0 atom stereocenters. The number of carbonyl (C=O) groups excluding carboxylic acids is 2. The Morgan fingerprint density at radius 2 is 1.77 bits per heavy atom. The Morgan fingerprint density at radius 1 is 1.18 bits per heavy atom. The van der Waals surface area contributed by atoms with E-state index >= 15 is 0 Å². The van der Waals surface area contributed by atoms with Crippen molar-refractivity contribution < 1.29 is 9.59 Å². The second kappa shape index (κ2) is 7.43. The summed E-state index contributed by atoms with van der Waals surface area (Å²) in [5.41, 5.74) is 2.00. The van der Waals surface area contributed by atoms with Crippen LogP contribution in [0.1, 0.15) is 61.9 Å². The van der Waals surface area contributed by atoms with Gasteiger partial charge in [-0.15, -0.1) is 0 Å². The molecule has 120 valence electrons. The molecule has 0 bridgehead atoms. The molecule has 1 aliphatic rings. The lowest BCUT2D eigenvalue weighted by Crippen LogP contribution is -2.46. The van der Waals surface area contributed by atoms with E-state index in [2.05, 4.69) is 19.2 Å². The van der Waals surface area contributed by atoms with Crippen LogP contribution in [0.2, 0.25) is 0 Å². The van der Waals surface area contributed by atoms with Gasteiger partial charge >= 0.3 is 0 Å². The summed E-state index contributed by atoms with van der Waals surface area (Å²) in [7, 11) is 0. The van der Waals surface area contributed by atoms with Crippen LogP contribution in [0.4, 0.5) is 0 Å². The van der Waals surface area contributed by atoms with E-state index in [1.54, 1.807) is 0 Å². The van der Waals surface area contributed by atoms with Gasteiger partial charge in [-0.1, -0.05) is 32.9 Å². The van der Waals surface area contributed by atoms with Gasteiger partial charge in [-0.05, 0) is 36.5 Å². The minimum atomic E-state index is 0.0917. The van der Waals surface area contributed by atoms with Crippen LogP contribution in [0.5, 0.6) is 0 Å². The Morgan fingerprint density at radius 3 is 2.27 bits per heavy atom. The second-order valence-corrected chi connectivity index (χ2v) is 6.26. The van der Waals surface area contributed by atoms with Crippen LogP contribution in [0.15, 0.2) is 24.3 Å². The summed E-state index contributed by atoms with van der Waals surface area (Å²) in [6.45, 7) is 7.56. The fourth-order valence-corrected chi connectivity index (χ4v) is 2.75. The average molecular weight is 302 g/mol. The van der Waals surface area contributed by atoms with Crippen LogP contribution in [0.3, 0.4) is 0 Å². The highest BCUT2D eigenvalue weighted by molar-refractivity contribution is 5.94. The number of amides is 2. The first-order valence-corrected chi connectivity index (χ1v) is 8.19. The molecule has 1 heterocycles. The molecule has 0 aromatic heterocycles. The summed E-state index contributed by atoms with van der Waals surface area (Å²) >= 11 is 0. The zero-order chi connectivity index (χ0) is 16.1. The number of hydrogen-bond donors (Lipinski definition) is 1. The number of piperidine rings is 1. The van der Waals surface area contributed by atoms with Crippen LogP contribution >= 0.6 is 0 Å².